The fourth-order valence-electron chi connectivity index (χ4n) is 3.36. The van der Waals surface area contributed by atoms with E-state index in [1.54, 1.807) is 0 Å². The van der Waals surface area contributed by atoms with E-state index in [1.165, 1.54) is 17.3 Å². The number of aromatic amines is 1. The Morgan fingerprint density at radius 3 is 2.72 bits per heavy atom. The normalized spacial score (nSPS) is 11.2. The van der Waals surface area contributed by atoms with E-state index in [0.29, 0.717) is 5.16 Å². The van der Waals surface area contributed by atoms with Crippen LogP contribution in [0.25, 0.3) is 16.6 Å². The number of benzene rings is 2. The molecular weight excluding hydrogens is 382 g/mol. The Morgan fingerprint density at radius 2 is 1.90 bits per heavy atom. The van der Waals surface area contributed by atoms with Crippen LogP contribution in [0.3, 0.4) is 0 Å². The Morgan fingerprint density at radius 1 is 1.07 bits per heavy atom. The topological polar surface area (TPSA) is 75.6 Å². The molecule has 2 aromatic heterocycles. The molecule has 0 fully saturated rings. The summed E-state index contributed by atoms with van der Waals surface area (Å²) in [7, 11) is 0. The predicted molar refractivity (Wildman–Crippen MR) is 118 cm³/mol. The number of anilines is 1. The molecule has 0 saturated heterocycles. The number of fused-ring (bicyclic) bond motifs is 1. The molecule has 148 valence electrons. The zero-order valence-electron chi connectivity index (χ0n) is 16.9. The van der Waals surface area contributed by atoms with Crippen molar-refractivity contribution in [3.63, 3.8) is 0 Å². The van der Waals surface area contributed by atoms with Crippen LogP contribution in [0.1, 0.15) is 22.6 Å². The number of thioether (sulfide) groups is 1. The summed E-state index contributed by atoms with van der Waals surface area (Å²) in [5.41, 5.74) is 6.30. The number of hydrogen-bond acceptors (Lipinski definition) is 4. The Hall–Kier alpha value is -3.06. The lowest BCUT2D eigenvalue weighted by Crippen LogP contribution is -2.14. The van der Waals surface area contributed by atoms with Crippen LogP contribution < -0.4 is 5.32 Å². The van der Waals surface area contributed by atoms with Crippen LogP contribution in [0.15, 0.2) is 47.6 Å². The van der Waals surface area contributed by atoms with Crippen LogP contribution >= 0.6 is 11.8 Å². The van der Waals surface area contributed by atoms with Gasteiger partial charge in [-0.1, -0.05) is 23.9 Å². The van der Waals surface area contributed by atoms with Crippen molar-refractivity contribution < 1.29 is 4.79 Å². The van der Waals surface area contributed by atoms with Gasteiger partial charge in [0.25, 0.3) is 0 Å². The first-order chi connectivity index (χ1) is 13.9. The van der Waals surface area contributed by atoms with Crippen LogP contribution in [-0.4, -0.2) is 31.4 Å². The fourth-order valence-corrected chi connectivity index (χ4v) is 4.15. The van der Waals surface area contributed by atoms with Crippen molar-refractivity contribution in [3.8, 4) is 5.69 Å². The van der Waals surface area contributed by atoms with Crippen molar-refractivity contribution in [3.05, 3.63) is 65.1 Å². The summed E-state index contributed by atoms with van der Waals surface area (Å²) in [5, 5.41) is 13.3. The third-order valence-electron chi connectivity index (χ3n) is 4.77. The second-order valence-electron chi connectivity index (χ2n) is 7.25. The van der Waals surface area contributed by atoms with Gasteiger partial charge in [-0.15, -0.1) is 10.2 Å². The average molecular weight is 406 g/mol. The molecule has 2 aromatic carbocycles. The molecule has 29 heavy (non-hydrogen) atoms. The van der Waals surface area contributed by atoms with Gasteiger partial charge in [-0.3, -0.25) is 9.36 Å². The number of aromatic nitrogens is 4. The predicted octanol–water partition coefficient (Wildman–Crippen LogP) is 4.71. The number of amides is 1. The molecule has 0 aliphatic heterocycles. The SMILES string of the molecule is Cc1ccc(C)c(-n2c(C)nnc2SCC(=O)Nc2ccc3[nH]c(C)cc3c2)c1. The molecule has 6 nitrogen and oxygen atoms in total. The van der Waals surface area contributed by atoms with Gasteiger partial charge in [-0.2, -0.15) is 0 Å². The highest BCUT2D eigenvalue weighted by molar-refractivity contribution is 7.99. The molecule has 1 amide bonds. The molecule has 4 rings (SSSR count). The second kappa shape index (κ2) is 7.75. The molecule has 4 aromatic rings. The fraction of sp³-hybridized carbons (Fsp3) is 0.227. The summed E-state index contributed by atoms with van der Waals surface area (Å²) in [4.78, 5) is 15.8. The maximum Gasteiger partial charge on any atom is 0.234 e. The van der Waals surface area contributed by atoms with Gasteiger partial charge in [0.1, 0.15) is 5.82 Å². The quantitative estimate of drug-likeness (QED) is 0.471. The first-order valence-electron chi connectivity index (χ1n) is 9.42. The molecule has 0 aliphatic carbocycles. The molecule has 2 heterocycles. The molecular formula is C22H23N5OS. The summed E-state index contributed by atoms with van der Waals surface area (Å²) in [6, 6.07) is 14.2. The number of carbonyl (C=O) groups is 1. The van der Waals surface area contributed by atoms with Gasteiger partial charge in [0, 0.05) is 22.3 Å². The Bertz CT molecular complexity index is 1210. The van der Waals surface area contributed by atoms with Crippen molar-refractivity contribution in [1.29, 1.82) is 0 Å². The number of aryl methyl sites for hydroxylation is 4. The summed E-state index contributed by atoms with van der Waals surface area (Å²) < 4.78 is 2.01. The van der Waals surface area contributed by atoms with Crippen molar-refractivity contribution >= 4 is 34.3 Å². The van der Waals surface area contributed by atoms with Gasteiger partial charge >= 0.3 is 0 Å². The van der Waals surface area contributed by atoms with Crippen molar-refractivity contribution in [2.75, 3.05) is 11.1 Å². The van der Waals surface area contributed by atoms with Gasteiger partial charge in [0.2, 0.25) is 5.91 Å². The minimum absolute atomic E-state index is 0.0743. The first kappa shape index (κ1) is 19.3. The van der Waals surface area contributed by atoms with Gasteiger partial charge in [-0.05, 0) is 69.2 Å². The standard InChI is InChI=1S/C22H23N5OS/c1-13-5-6-14(2)20(9-13)27-16(4)25-26-22(27)29-12-21(28)24-18-7-8-19-17(11-18)10-15(3)23-19/h5-11,23H,12H2,1-4H3,(H,24,28). The summed E-state index contributed by atoms with van der Waals surface area (Å²) in [5.74, 6) is 0.984. The number of H-pyrrole nitrogens is 1. The number of nitrogens with one attached hydrogen (secondary N) is 2. The maximum atomic E-state index is 12.5. The van der Waals surface area contributed by atoms with E-state index in [0.717, 1.165) is 39.4 Å². The molecule has 2 N–H and O–H groups in total. The number of hydrogen-bond donors (Lipinski definition) is 2. The number of nitrogens with zero attached hydrogens (tertiary/aromatic N) is 3. The molecule has 0 atom stereocenters. The molecule has 0 saturated carbocycles. The molecule has 0 spiro atoms. The molecule has 0 unspecified atom stereocenters. The van der Waals surface area contributed by atoms with E-state index >= 15 is 0 Å². The smallest absolute Gasteiger partial charge is 0.234 e. The minimum Gasteiger partial charge on any atom is -0.359 e. The van der Waals surface area contributed by atoms with Crippen LogP contribution in [0.5, 0.6) is 0 Å². The van der Waals surface area contributed by atoms with Crippen LogP contribution in [-0.2, 0) is 4.79 Å². The summed E-state index contributed by atoms with van der Waals surface area (Å²) in [6.45, 7) is 8.07. The second-order valence-corrected chi connectivity index (χ2v) is 8.19. The van der Waals surface area contributed by atoms with E-state index in [4.69, 9.17) is 0 Å². The summed E-state index contributed by atoms with van der Waals surface area (Å²) in [6.07, 6.45) is 0. The van der Waals surface area contributed by atoms with Gasteiger partial charge in [0.05, 0.1) is 11.4 Å². The lowest BCUT2D eigenvalue weighted by Gasteiger charge is -2.12. The maximum absolute atomic E-state index is 12.5. The van der Waals surface area contributed by atoms with Gasteiger partial charge < -0.3 is 10.3 Å². The van der Waals surface area contributed by atoms with E-state index in [1.807, 2.05) is 36.6 Å². The molecule has 0 aliphatic rings. The lowest BCUT2D eigenvalue weighted by molar-refractivity contribution is -0.113. The summed E-state index contributed by atoms with van der Waals surface area (Å²) >= 11 is 1.38. The zero-order chi connectivity index (χ0) is 20.5. The van der Waals surface area contributed by atoms with E-state index < -0.39 is 0 Å². The van der Waals surface area contributed by atoms with Crippen molar-refractivity contribution in [2.24, 2.45) is 0 Å². The molecule has 7 heteroatoms. The molecule has 0 bridgehead atoms. The Kier molecular flexibility index (Phi) is 5.15. The highest BCUT2D eigenvalue weighted by atomic mass is 32.2. The Labute approximate surface area is 173 Å². The third kappa shape index (κ3) is 4.05. The first-order valence-corrected chi connectivity index (χ1v) is 10.4. The zero-order valence-corrected chi connectivity index (χ0v) is 17.7. The van der Waals surface area contributed by atoms with Crippen LogP contribution in [0, 0.1) is 27.7 Å². The minimum atomic E-state index is -0.0743. The van der Waals surface area contributed by atoms with E-state index in [-0.39, 0.29) is 11.7 Å². The van der Waals surface area contributed by atoms with E-state index in [9.17, 15) is 4.79 Å². The highest BCUT2D eigenvalue weighted by Gasteiger charge is 2.15. The van der Waals surface area contributed by atoms with Gasteiger partial charge in [0.15, 0.2) is 5.16 Å². The van der Waals surface area contributed by atoms with Crippen LogP contribution in [0.2, 0.25) is 0 Å². The monoisotopic (exact) mass is 405 g/mol. The average Bonchev–Trinajstić information content (AvgIpc) is 3.23. The Balaban J connectivity index is 1.49. The van der Waals surface area contributed by atoms with Crippen molar-refractivity contribution in [1.82, 2.24) is 19.7 Å². The van der Waals surface area contributed by atoms with Crippen molar-refractivity contribution in [2.45, 2.75) is 32.9 Å². The van der Waals surface area contributed by atoms with Crippen LogP contribution in [0.4, 0.5) is 5.69 Å². The van der Waals surface area contributed by atoms with Gasteiger partial charge in [-0.25, -0.2) is 0 Å². The van der Waals surface area contributed by atoms with E-state index in [2.05, 4.69) is 58.6 Å². The molecule has 0 radical (unpaired) electrons. The third-order valence-corrected chi connectivity index (χ3v) is 5.70. The largest absolute Gasteiger partial charge is 0.359 e. The number of carbonyl (C=O) groups excluding carboxylic acids is 1. The lowest BCUT2D eigenvalue weighted by atomic mass is 10.1. The highest BCUT2D eigenvalue weighted by Crippen LogP contribution is 2.25. The number of rotatable bonds is 5.